The minimum atomic E-state index is -0.121. The maximum atomic E-state index is 12.0. The number of rotatable bonds is 3. The van der Waals surface area contributed by atoms with Crippen molar-refractivity contribution in [3.63, 3.8) is 0 Å². The molecule has 1 aliphatic rings. The molecule has 1 aromatic rings. The summed E-state index contributed by atoms with van der Waals surface area (Å²) < 4.78 is 0. The number of thioether (sulfide) groups is 1. The molecule has 88 valence electrons. The Hall–Kier alpha value is -1.55. The number of amides is 1. The maximum Gasteiger partial charge on any atom is 0.240 e. The zero-order valence-electron chi connectivity index (χ0n) is 9.55. The van der Waals surface area contributed by atoms with Gasteiger partial charge in [-0.1, -0.05) is 6.08 Å². The van der Waals surface area contributed by atoms with Crippen LogP contribution in [0.25, 0.3) is 0 Å². The second-order valence-electron chi connectivity index (χ2n) is 3.84. The van der Waals surface area contributed by atoms with Gasteiger partial charge in [0, 0.05) is 17.0 Å². The Morgan fingerprint density at radius 2 is 2.29 bits per heavy atom. The van der Waals surface area contributed by atoms with Crippen molar-refractivity contribution in [3.8, 4) is 0 Å². The Balaban J connectivity index is 2.48. The van der Waals surface area contributed by atoms with Gasteiger partial charge in [0.1, 0.15) is 6.29 Å². The van der Waals surface area contributed by atoms with Gasteiger partial charge in [-0.2, -0.15) is 0 Å². The molecule has 1 heterocycles. The molecule has 4 heteroatoms. The molecular weight excluding hydrogens is 234 g/mol. The van der Waals surface area contributed by atoms with E-state index in [-0.39, 0.29) is 11.2 Å². The number of hydrogen-bond donors (Lipinski definition) is 0. The highest BCUT2D eigenvalue weighted by molar-refractivity contribution is 8.01. The Labute approximate surface area is 104 Å². The van der Waals surface area contributed by atoms with Crippen molar-refractivity contribution < 1.29 is 9.59 Å². The van der Waals surface area contributed by atoms with Crippen LogP contribution in [-0.2, 0) is 4.79 Å². The minimum Gasteiger partial charge on any atom is -0.307 e. The van der Waals surface area contributed by atoms with Crippen LogP contribution in [-0.4, -0.2) is 24.0 Å². The summed E-state index contributed by atoms with van der Waals surface area (Å²) in [6.45, 7) is 6.04. The molecule has 1 aromatic carbocycles. The van der Waals surface area contributed by atoms with Crippen LogP contribution in [0.4, 0.5) is 5.69 Å². The summed E-state index contributed by atoms with van der Waals surface area (Å²) in [6.07, 6.45) is 2.53. The minimum absolute atomic E-state index is 0.0845. The molecule has 3 nitrogen and oxygen atoms in total. The van der Waals surface area contributed by atoms with Crippen LogP contribution in [0.1, 0.15) is 17.3 Å². The molecule has 0 radical (unpaired) electrons. The molecule has 0 bridgehead atoms. The summed E-state index contributed by atoms with van der Waals surface area (Å²) in [7, 11) is 0. The highest BCUT2D eigenvalue weighted by Gasteiger charge is 2.29. The molecular formula is C13H13NO2S. The van der Waals surface area contributed by atoms with E-state index in [0.29, 0.717) is 12.1 Å². The van der Waals surface area contributed by atoms with Crippen molar-refractivity contribution in [2.75, 3.05) is 11.4 Å². The average molecular weight is 247 g/mol. The fourth-order valence-corrected chi connectivity index (χ4v) is 2.93. The van der Waals surface area contributed by atoms with Crippen LogP contribution >= 0.6 is 11.8 Å². The second-order valence-corrected chi connectivity index (χ2v) is 5.23. The SMILES string of the molecule is C=CCN1C(=O)C(C)Sc2cc(C=O)ccc21. The summed E-state index contributed by atoms with van der Waals surface area (Å²) in [5, 5.41) is -0.121. The van der Waals surface area contributed by atoms with Gasteiger partial charge < -0.3 is 4.90 Å². The lowest BCUT2D eigenvalue weighted by molar-refractivity contribution is -0.117. The highest BCUT2D eigenvalue weighted by atomic mass is 32.2. The molecule has 17 heavy (non-hydrogen) atoms. The predicted octanol–water partition coefficient (Wildman–Crippen LogP) is 2.51. The highest BCUT2D eigenvalue weighted by Crippen LogP contribution is 2.39. The Morgan fingerprint density at radius 3 is 2.94 bits per heavy atom. The van der Waals surface area contributed by atoms with E-state index >= 15 is 0 Å². The molecule has 1 amide bonds. The number of carbonyl (C=O) groups excluding carboxylic acids is 2. The lowest BCUT2D eigenvalue weighted by Gasteiger charge is -2.31. The smallest absolute Gasteiger partial charge is 0.240 e. The monoisotopic (exact) mass is 247 g/mol. The van der Waals surface area contributed by atoms with Crippen molar-refractivity contribution in [3.05, 3.63) is 36.4 Å². The number of fused-ring (bicyclic) bond motifs is 1. The van der Waals surface area contributed by atoms with Gasteiger partial charge in [0.15, 0.2) is 0 Å². The zero-order valence-corrected chi connectivity index (χ0v) is 10.4. The van der Waals surface area contributed by atoms with Crippen molar-refractivity contribution in [2.45, 2.75) is 17.1 Å². The fraction of sp³-hybridized carbons (Fsp3) is 0.231. The molecule has 1 atom stereocenters. The van der Waals surface area contributed by atoms with Crippen molar-refractivity contribution in [2.24, 2.45) is 0 Å². The lowest BCUT2D eigenvalue weighted by Crippen LogP contribution is -2.39. The number of benzene rings is 1. The van der Waals surface area contributed by atoms with E-state index in [4.69, 9.17) is 0 Å². The number of nitrogens with zero attached hydrogens (tertiary/aromatic N) is 1. The van der Waals surface area contributed by atoms with E-state index in [0.717, 1.165) is 16.9 Å². The summed E-state index contributed by atoms with van der Waals surface area (Å²) in [5.74, 6) is 0.0845. The van der Waals surface area contributed by atoms with E-state index in [1.807, 2.05) is 19.1 Å². The normalized spacial score (nSPS) is 18.8. The second kappa shape index (κ2) is 4.75. The molecule has 1 aliphatic heterocycles. The molecule has 0 saturated heterocycles. The summed E-state index contributed by atoms with van der Waals surface area (Å²) in [5.41, 5.74) is 1.50. The standard InChI is InChI=1S/C13H13NO2S/c1-3-6-14-11-5-4-10(8-15)7-12(11)17-9(2)13(14)16/h3-5,7-9H,1,6H2,2H3. The third-order valence-corrected chi connectivity index (χ3v) is 3.78. The molecule has 0 fully saturated rings. The first-order valence-electron chi connectivity index (χ1n) is 5.35. The van der Waals surface area contributed by atoms with Gasteiger partial charge in [-0.3, -0.25) is 9.59 Å². The number of carbonyl (C=O) groups is 2. The van der Waals surface area contributed by atoms with Gasteiger partial charge in [0.2, 0.25) is 5.91 Å². The first kappa shape index (κ1) is 11.9. The zero-order chi connectivity index (χ0) is 12.4. The largest absolute Gasteiger partial charge is 0.307 e. The molecule has 0 aromatic heterocycles. The van der Waals surface area contributed by atoms with Crippen molar-refractivity contribution in [1.29, 1.82) is 0 Å². The van der Waals surface area contributed by atoms with E-state index in [1.165, 1.54) is 11.8 Å². The van der Waals surface area contributed by atoms with Crippen molar-refractivity contribution >= 4 is 29.6 Å². The van der Waals surface area contributed by atoms with Crippen LogP contribution in [0.15, 0.2) is 35.7 Å². The van der Waals surface area contributed by atoms with Gasteiger partial charge in [0.05, 0.1) is 10.9 Å². The number of hydrogen-bond acceptors (Lipinski definition) is 3. The van der Waals surface area contributed by atoms with Gasteiger partial charge in [-0.25, -0.2) is 0 Å². The van der Waals surface area contributed by atoms with Crippen LogP contribution in [0, 0.1) is 0 Å². The fourth-order valence-electron chi connectivity index (χ4n) is 1.82. The van der Waals surface area contributed by atoms with Crippen molar-refractivity contribution in [1.82, 2.24) is 0 Å². The maximum absolute atomic E-state index is 12.0. The quantitative estimate of drug-likeness (QED) is 0.608. The Bertz CT molecular complexity index is 484. The Morgan fingerprint density at radius 1 is 1.53 bits per heavy atom. The first-order chi connectivity index (χ1) is 8.17. The molecule has 0 N–H and O–H groups in total. The topological polar surface area (TPSA) is 37.4 Å². The molecule has 1 unspecified atom stereocenters. The van der Waals surface area contributed by atoms with Gasteiger partial charge >= 0.3 is 0 Å². The third-order valence-electron chi connectivity index (χ3n) is 2.64. The summed E-state index contributed by atoms with van der Waals surface area (Å²) >= 11 is 1.49. The number of anilines is 1. The van der Waals surface area contributed by atoms with Gasteiger partial charge in [-0.05, 0) is 25.1 Å². The van der Waals surface area contributed by atoms with Crippen LogP contribution in [0.5, 0.6) is 0 Å². The van der Waals surface area contributed by atoms with E-state index in [1.54, 1.807) is 17.0 Å². The van der Waals surface area contributed by atoms with Gasteiger partial charge in [-0.15, -0.1) is 18.3 Å². The Kier molecular flexibility index (Phi) is 3.33. The van der Waals surface area contributed by atoms with E-state index in [9.17, 15) is 9.59 Å². The van der Waals surface area contributed by atoms with Crippen LogP contribution in [0.2, 0.25) is 0 Å². The third kappa shape index (κ3) is 2.13. The molecule has 2 rings (SSSR count). The summed E-state index contributed by atoms with van der Waals surface area (Å²) in [6, 6.07) is 5.37. The summed E-state index contributed by atoms with van der Waals surface area (Å²) in [4.78, 5) is 25.4. The van der Waals surface area contributed by atoms with E-state index < -0.39 is 0 Å². The van der Waals surface area contributed by atoms with Gasteiger partial charge in [0.25, 0.3) is 0 Å². The molecule has 0 spiro atoms. The first-order valence-corrected chi connectivity index (χ1v) is 6.23. The molecule has 0 saturated carbocycles. The van der Waals surface area contributed by atoms with Crippen LogP contribution in [0.3, 0.4) is 0 Å². The van der Waals surface area contributed by atoms with E-state index in [2.05, 4.69) is 6.58 Å². The average Bonchev–Trinajstić information content (AvgIpc) is 2.34. The lowest BCUT2D eigenvalue weighted by atomic mass is 10.2. The number of aldehydes is 1. The predicted molar refractivity (Wildman–Crippen MR) is 69.7 cm³/mol. The molecule has 0 aliphatic carbocycles. The van der Waals surface area contributed by atoms with Crippen LogP contribution < -0.4 is 4.90 Å².